The molecule has 0 bridgehead atoms. The van der Waals surface area contributed by atoms with Gasteiger partial charge in [-0.1, -0.05) is 19.9 Å². The number of ether oxygens (including phenoxy) is 1. The van der Waals surface area contributed by atoms with Gasteiger partial charge in [0.15, 0.2) is 0 Å². The number of aromatic nitrogens is 1. The third kappa shape index (κ3) is 6.81. The molecule has 9 heteroatoms. The van der Waals surface area contributed by atoms with Crippen LogP contribution in [0.1, 0.15) is 66.4 Å². The summed E-state index contributed by atoms with van der Waals surface area (Å²) in [5.41, 5.74) is 1.53. The lowest BCUT2D eigenvalue weighted by Crippen LogP contribution is -2.45. The van der Waals surface area contributed by atoms with Crippen molar-refractivity contribution in [1.82, 2.24) is 9.47 Å². The molecule has 3 rings (SSSR count). The van der Waals surface area contributed by atoms with Crippen LogP contribution in [-0.4, -0.2) is 52.9 Å². The number of carbonyl (C=O) groups is 2. The Bertz CT molecular complexity index is 1080. The van der Waals surface area contributed by atoms with Gasteiger partial charge in [0.1, 0.15) is 5.60 Å². The number of halogens is 3. The Kier molecular flexibility index (Phi) is 8.43. The Balaban J connectivity index is 1.74. The van der Waals surface area contributed by atoms with Gasteiger partial charge in [0.2, 0.25) is 12.2 Å². The molecule has 1 saturated heterocycles. The largest absolute Gasteiger partial charge is 0.443 e. The lowest BCUT2D eigenvalue weighted by Gasteiger charge is -2.41. The molecule has 1 aliphatic heterocycles. The Morgan fingerprint density at radius 1 is 1.11 bits per heavy atom. The first-order valence-corrected chi connectivity index (χ1v) is 12.5. The molecule has 1 fully saturated rings. The molecule has 1 aromatic heterocycles. The van der Waals surface area contributed by atoms with Crippen molar-refractivity contribution >= 4 is 28.6 Å². The smallest absolute Gasteiger partial charge is 0.419 e. The van der Waals surface area contributed by atoms with E-state index in [4.69, 9.17) is 4.74 Å². The van der Waals surface area contributed by atoms with Gasteiger partial charge < -0.3 is 10.1 Å². The van der Waals surface area contributed by atoms with Crippen LogP contribution in [0.3, 0.4) is 0 Å². The fraction of sp³-hybridized carbons (Fsp3) is 0.630. The molecule has 1 unspecified atom stereocenters. The van der Waals surface area contributed by atoms with E-state index in [0.29, 0.717) is 43.1 Å². The fourth-order valence-corrected chi connectivity index (χ4v) is 4.94. The topological polar surface area (TPSA) is 63.6 Å². The zero-order chi connectivity index (χ0) is 26.8. The van der Waals surface area contributed by atoms with Gasteiger partial charge in [-0.3, -0.25) is 14.3 Å². The molecule has 6 nitrogen and oxygen atoms in total. The van der Waals surface area contributed by atoms with Gasteiger partial charge in [-0.25, -0.2) is 18.0 Å². The van der Waals surface area contributed by atoms with Crippen molar-refractivity contribution in [3.63, 3.8) is 0 Å². The van der Waals surface area contributed by atoms with E-state index in [2.05, 4.69) is 19.2 Å². The second-order valence-electron chi connectivity index (χ2n) is 11.4. The number of nitrogens with zero attached hydrogens (tertiary/aromatic N) is 2. The first-order chi connectivity index (χ1) is 16.7. The van der Waals surface area contributed by atoms with E-state index in [9.17, 15) is 22.8 Å². The molecule has 1 N–H and O–H groups in total. The summed E-state index contributed by atoms with van der Waals surface area (Å²) in [7, 11) is 0. The normalized spacial score (nSPS) is 16.9. The van der Waals surface area contributed by atoms with Crippen LogP contribution in [-0.2, 0) is 16.0 Å². The predicted octanol–water partition coefficient (Wildman–Crippen LogP) is 6.61. The summed E-state index contributed by atoms with van der Waals surface area (Å²) in [6.45, 7) is 11.8. The summed E-state index contributed by atoms with van der Waals surface area (Å²) < 4.78 is 46.0. The first kappa shape index (κ1) is 28.0. The van der Waals surface area contributed by atoms with Gasteiger partial charge in [0.05, 0.1) is 11.2 Å². The highest BCUT2D eigenvalue weighted by molar-refractivity contribution is 6.04. The predicted molar refractivity (Wildman–Crippen MR) is 135 cm³/mol. The van der Waals surface area contributed by atoms with Crippen molar-refractivity contribution in [1.29, 1.82) is 0 Å². The van der Waals surface area contributed by atoms with Gasteiger partial charge >= 0.3 is 6.09 Å². The second kappa shape index (κ2) is 10.8. The van der Waals surface area contributed by atoms with Crippen molar-refractivity contribution in [2.24, 2.45) is 11.3 Å². The quantitative estimate of drug-likeness (QED) is 0.427. The average molecular weight is 510 g/mol. The molecular formula is C27H38F3N3O3. The van der Waals surface area contributed by atoms with Crippen LogP contribution in [0.2, 0.25) is 0 Å². The SMILES string of the molecule is CC(=O)Nc1cn(C(=O)OC(C)(C)C)c2ccc(CCC(C)(C)C3CCN(C(F)C(F)F)CC3)cc12. The number of alkyl halides is 3. The van der Waals surface area contributed by atoms with Gasteiger partial charge in [0.25, 0.3) is 6.43 Å². The number of piperidine rings is 1. The number of benzene rings is 1. The van der Waals surface area contributed by atoms with Crippen LogP contribution in [0.5, 0.6) is 0 Å². The minimum absolute atomic E-state index is 0.0550. The molecule has 0 aliphatic carbocycles. The standard InChI is InChI=1S/C27H38F3N3O3/c1-17(34)31-21-16-33(25(35)36-26(2,3)4)22-8-7-18(15-20(21)22)9-12-27(5,6)19-10-13-32(14-11-19)24(30)23(28)29/h7-8,15-16,19,23-24H,9-14H2,1-6H3,(H,31,34). The Morgan fingerprint density at radius 3 is 2.31 bits per heavy atom. The number of amides is 1. The lowest BCUT2D eigenvalue weighted by atomic mass is 9.70. The number of anilines is 1. The molecule has 0 spiro atoms. The number of likely N-dealkylation sites (tertiary alicyclic amines) is 1. The highest BCUT2D eigenvalue weighted by Crippen LogP contribution is 2.40. The number of carbonyl (C=O) groups excluding carboxylic acids is 2. The number of hydrogen-bond acceptors (Lipinski definition) is 4. The van der Waals surface area contributed by atoms with E-state index >= 15 is 0 Å². The summed E-state index contributed by atoms with van der Waals surface area (Å²) in [5.74, 6) is 0.0732. The number of hydrogen-bond donors (Lipinski definition) is 1. The van der Waals surface area contributed by atoms with Crippen LogP contribution in [0.15, 0.2) is 24.4 Å². The molecule has 1 aromatic carbocycles. The molecule has 1 amide bonds. The molecule has 0 radical (unpaired) electrons. The van der Waals surface area contributed by atoms with Crippen molar-refractivity contribution in [2.75, 3.05) is 18.4 Å². The zero-order valence-electron chi connectivity index (χ0n) is 22.0. The molecule has 36 heavy (non-hydrogen) atoms. The van der Waals surface area contributed by atoms with Crippen LogP contribution in [0.25, 0.3) is 10.9 Å². The highest BCUT2D eigenvalue weighted by atomic mass is 19.3. The third-order valence-electron chi connectivity index (χ3n) is 7.02. The summed E-state index contributed by atoms with van der Waals surface area (Å²) >= 11 is 0. The van der Waals surface area contributed by atoms with Crippen LogP contribution in [0, 0.1) is 11.3 Å². The first-order valence-electron chi connectivity index (χ1n) is 12.5. The minimum Gasteiger partial charge on any atom is -0.443 e. The van der Waals surface area contributed by atoms with Crippen LogP contribution in [0.4, 0.5) is 23.7 Å². The monoisotopic (exact) mass is 509 g/mol. The van der Waals surface area contributed by atoms with E-state index in [1.165, 1.54) is 16.4 Å². The summed E-state index contributed by atoms with van der Waals surface area (Å²) in [6.07, 6.45) is -1.10. The van der Waals surface area contributed by atoms with E-state index in [-0.39, 0.29) is 11.3 Å². The van der Waals surface area contributed by atoms with Crippen molar-refractivity contribution in [2.45, 2.75) is 85.5 Å². The Labute approximate surface area is 211 Å². The number of nitrogens with one attached hydrogen (secondary N) is 1. The second-order valence-corrected chi connectivity index (χ2v) is 11.4. The Hall–Kier alpha value is -2.55. The summed E-state index contributed by atoms with van der Waals surface area (Å²) in [4.78, 5) is 25.8. The van der Waals surface area contributed by atoms with Crippen molar-refractivity contribution in [3.8, 4) is 0 Å². The minimum atomic E-state index is -2.97. The van der Waals surface area contributed by atoms with Crippen molar-refractivity contribution in [3.05, 3.63) is 30.0 Å². The van der Waals surface area contributed by atoms with Crippen molar-refractivity contribution < 1.29 is 27.5 Å². The lowest BCUT2D eigenvalue weighted by molar-refractivity contribution is -0.114. The molecule has 2 aromatic rings. The van der Waals surface area contributed by atoms with E-state index in [0.717, 1.165) is 23.8 Å². The number of rotatable bonds is 7. The molecule has 200 valence electrons. The van der Waals surface area contributed by atoms with Crippen LogP contribution >= 0.6 is 0 Å². The van der Waals surface area contributed by atoms with Gasteiger partial charge in [-0.15, -0.1) is 0 Å². The fourth-order valence-electron chi connectivity index (χ4n) is 4.94. The third-order valence-corrected chi connectivity index (χ3v) is 7.02. The number of fused-ring (bicyclic) bond motifs is 1. The Morgan fingerprint density at radius 2 is 1.75 bits per heavy atom. The van der Waals surface area contributed by atoms with E-state index in [1.807, 2.05) is 18.2 Å². The van der Waals surface area contributed by atoms with Crippen LogP contribution < -0.4 is 5.32 Å². The average Bonchev–Trinajstić information content (AvgIpc) is 3.13. The molecule has 0 saturated carbocycles. The maximum atomic E-state index is 13.7. The molecule has 1 aliphatic rings. The zero-order valence-corrected chi connectivity index (χ0v) is 22.0. The van der Waals surface area contributed by atoms with E-state index in [1.54, 1.807) is 27.0 Å². The van der Waals surface area contributed by atoms with E-state index < -0.39 is 24.4 Å². The van der Waals surface area contributed by atoms with Gasteiger partial charge in [-0.05, 0) is 75.5 Å². The maximum Gasteiger partial charge on any atom is 0.419 e. The summed E-state index contributed by atoms with van der Waals surface area (Å²) in [6, 6.07) is 5.81. The van der Waals surface area contributed by atoms with Gasteiger partial charge in [0, 0.05) is 31.6 Å². The molecule has 1 atom stereocenters. The van der Waals surface area contributed by atoms with Gasteiger partial charge in [-0.2, -0.15) is 0 Å². The molecular weight excluding hydrogens is 471 g/mol. The highest BCUT2D eigenvalue weighted by Gasteiger charge is 2.36. The summed E-state index contributed by atoms with van der Waals surface area (Å²) in [5, 5.41) is 3.55. The molecule has 2 heterocycles. The number of aryl methyl sites for hydroxylation is 1. The maximum absolute atomic E-state index is 13.7.